The Hall–Kier alpha value is -1.95. The summed E-state index contributed by atoms with van der Waals surface area (Å²) in [6.07, 6.45) is 0.315. The zero-order valence-electron chi connectivity index (χ0n) is 8.97. The predicted molar refractivity (Wildman–Crippen MR) is 66.0 cm³/mol. The molecule has 17 heavy (non-hydrogen) atoms. The molecule has 1 aromatic carbocycles. The molecule has 0 saturated carbocycles. The maximum atomic E-state index is 11.8. The summed E-state index contributed by atoms with van der Waals surface area (Å²) in [5.41, 5.74) is 3.19. The van der Waals surface area contributed by atoms with Gasteiger partial charge in [0.1, 0.15) is 0 Å². The van der Waals surface area contributed by atoms with E-state index in [9.17, 15) is 9.59 Å². The number of carbonyl (C=O) groups is 2. The van der Waals surface area contributed by atoms with E-state index < -0.39 is 0 Å². The van der Waals surface area contributed by atoms with E-state index in [1.807, 2.05) is 6.07 Å². The normalized spacial score (nSPS) is 15.4. The molecule has 2 N–H and O–H groups in total. The van der Waals surface area contributed by atoms with Gasteiger partial charge in [-0.25, -0.2) is 0 Å². The van der Waals surface area contributed by atoms with E-state index in [0.717, 1.165) is 0 Å². The number of nitrogens with zero attached hydrogens (tertiary/aromatic N) is 1. The molecule has 1 heterocycles. The highest BCUT2D eigenvalue weighted by atomic mass is 32.1. The van der Waals surface area contributed by atoms with Crippen LogP contribution in [-0.2, 0) is 4.79 Å². The molecule has 0 spiro atoms. The quantitative estimate of drug-likeness (QED) is 0.747. The molecular weight excluding hydrogens is 238 g/mol. The van der Waals surface area contributed by atoms with Gasteiger partial charge in [-0.3, -0.25) is 20.0 Å². The number of benzene rings is 1. The molecule has 5 nitrogen and oxygen atoms in total. The first-order valence-electron chi connectivity index (χ1n) is 5.14. The van der Waals surface area contributed by atoms with E-state index in [4.69, 9.17) is 12.2 Å². The van der Waals surface area contributed by atoms with Gasteiger partial charge in [-0.1, -0.05) is 18.2 Å². The summed E-state index contributed by atoms with van der Waals surface area (Å²) in [5, 5.41) is 4.18. The monoisotopic (exact) mass is 249 g/mol. The van der Waals surface area contributed by atoms with Crippen molar-refractivity contribution in [3.05, 3.63) is 35.9 Å². The topological polar surface area (TPSA) is 61.4 Å². The Morgan fingerprint density at radius 1 is 1.35 bits per heavy atom. The van der Waals surface area contributed by atoms with E-state index in [2.05, 4.69) is 10.7 Å². The van der Waals surface area contributed by atoms with E-state index >= 15 is 0 Å². The molecule has 1 fully saturated rings. The molecule has 1 aliphatic heterocycles. The number of carbonyl (C=O) groups excluding carboxylic acids is 2. The second kappa shape index (κ2) is 4.92. The maximum Gasteiger partial charge on any atom is 0.269 e. The summed E-state index contributed by atoms with van der Waals surface area (Å²) in [7, 11) is 0. The minimum Gasteiger partial charge on any atom is -0.302 e. The van der Waals surface area contributed by atoms with Crippen LogP contribution in [0.1, 0.15) is 16.8 Å². The first kappa shape index (κ1) is 11.5. The SMILES string of the molecule is O=C1CCN(NC(=O)c2ccccc2)C(=S)N1. The summed E-state index contributed by atoms with van der Waals surface area (Å²) < 4.78 is 0. The Kier molecular flexibility index (Phi) is 3.34. The van der Waals surface area contributed by atoms with E-state index in [1.54, 1.807) is 24.3 Å². The molecule has 1 aromatic rings. The highest BCUT2D eigenvalue weighted by Gasteiger charge is 2.21. The summed E-state index contributed by atoms with van der Waals surface area (Å²) >= 11 is 4.95. The molecule has 0 aliphatic carbocycles. The highest BCUT2D eigenvalue weighted by molar-refractivity contribution is 7.80. The van der Waals surface area contributed by atoms with Crippen LogP contribution in [-0.4, -0.2) is 28.5 Å². The molecule has 88 valence electrons. The van der Waals surface area contributed by atoms with Crippen LogP contribution in [0.15, 0.2) is 30.3 Å². The van der Waals surface area contributed by atoms with Crippen LogP contribution in [0.4, 0.5) is 0 Å². The number of hydrogen-bond donors (Lipinski definition) is 2. The molecule has 2 amide bonds. The van der Waals surface area contributed by atoms with Crippen molar-refractivity contribution in [3.63, 3.8) is 0 Å². The van der Waals surface area contributed by atoms with Crippen LogP contribution in [0.5, 0.6) is 0 Å². The summed E-state index contributed by atoms with van der Waals surface area (Å²) in [6.45, 7) is 0.392. The lowest BCUT2D eigenvalue weighted by Crippen LogP contribution is -2.56. The number of amides is 2. The molecule has 2 rings (SSSR count). The van der Waals surface area contributed by atoms with Gasteiger partial charge in [0, 0.05) is 12.0 Å². The van der Waals surface area contributed by atoms with E-state index in [1.165, 1.54) is 5.01 Å². The molecule has 0 atom stereocenters. The van der Waals surface area contributed by atoms with Gasteiger partial charge in [-0.15, -0.1) is 0 Å². The average molecular weight is 249 g/mol. The van der Waals surface area contributed by atoms with Gasteiger partial charge < -0.3 is 5.32 Å². The number of hydrogen-bond acceptors (Lipinski definition) is 3. The number of rotatable bonds is 2. The van der Waals surface area contributed by atoms with Gasteiger partial charge in [0.25, 0.3) is 5.91 Å². The fourth-order valence-corrected chi connectivity index (χ4v) is 1.70. The van der Waals surface area contributed by atoms with Crippen molar-refractivity contribution in [2.45, 2.75) is 6.42 Å². The van der Waals surface area contributed by atoms with Crippen LogP contribution in [0.3, 0.4) is 0 Å². The number of nitrogens with one attached hydrogen (secondary N) is 2. The van der Waals surface area contributed by atoms with Crippen molar-refractivity contribution in [1.82, 2.24) is 15.8 Å². The molecule has 6 heteroatoms. The van der Waals surface area contributed by atoms with Gasteiger partial charge in [0.2, 0.25) is 5.91 Å². The molecule has 0 unspecified atom stereocenters. The highest BCUT2D eigenvalue weighted by Crippen LogP contribution is 2.01. The second-order valence-electron chi connectivity index (χ2n) is 3.56. The minimum absolute atomic E-state index is 0.125. The number of thiocarbonyl (C=S) groups is 1. The summed E-state index contributed by atoms with van der Waals surface area (Å²) in [4.78, 5) is 22.9. The van der Waals surface area contributed by atoms with Crippen molar-refractivity contribution in [1.29, 1.82) is 0 Å². The van der Waals surface area contributed by atoms with E-state index in [-0.39, 0.29) is 16.9 Å². The van der Waals surface area contributed by atoms with Gasteiger partial charge in [0.05, 0.1) is 6.54 Å². The fourth-order valence-electron chi connectivity index (χ4n) is 1.45. The second-order valence-corrected chi connectivity index (χ2v) is 3.95. The van der Waals surface area contributed by atoms with Crippen LogP contribution < -0.4 is 10.7 Å². The third-order valence-corrected chi connectivity index (χ3v) is 2.65. The standard InChI is InChI=1S/C11H11N3O2S/c15-9-6-7-14(11(17)12-9)13-10(16)8-4-2-1-3-5-8/h1-5H,6-7H2,(H,13,16)(H,12,15,17). The Balaban J connectivity index is 2.00. The Morgan fingerprint density at radius 2 is 2.06 bits per heavy atom. The predicted octanol–water partition coefficient (Wildman–Crippen LogP) is 0.438. The minimum atomic E-state index is -0.246. The van der Waals surface area contributed by atoms with Gasteiger partial charge in [-0.05, 0) is 24.4 Å². The summed E-state index contributed by atoms with van der Waals surface area (Å²) in [6, 6.07) is 8.82. The fraction of sp³-hybridized carbons (Fsp3) is 0.182. The molecule has 0 aromatic heterocycles. The molecule has 1 aliphatic rings. The third kappa shape index (κ3) is 2.79. The van der Waals surface area contributed by atoms with Crippen molar-refractivity contribution < 1.29 is 9.59 Å². The average Bonchev–Trinajstić information content (AvgIpc) is 2.34. The first-order chi connectivity index (χ1) is 8.16. The van der Waals surface area contributed by atoms with E-state index in [0.29, 0.717) is 18.5 Å². The lowest BCUT2D eigenvalue weighted by molar-refractivity contribution is -0.121. The zero-order valence-corrected chi connectivity index (χ0v) is 9.79. The van der Waals surface area contributed by atoms with Crippen LogP contribution in [0.2, 0.25) is 0 Å². The lowest BCUT2D eigenvalue weighted by atomic mass is 10.2. The smallest absolute Gasteiger partial charge is 0.269 e. The van der Waals surface area contributed by atoms with Gasteiger partial charge in [0.15, 0.2) is 5.11 Å². The number of hydrazine groups is 1. The van der Waals surface area contributed by atoms with Gasteiger partial charge in [-0.2, -0.15) is 0 Å². The zero-order chi connectivity index (χ0) is 12.3. The van der Waals surface area contributed by atoms with Crippen molar-refractivity contribution in [2.24, 2.45) is 0 Å². The van der Waals surface area contributed by atoms with Crippen molar-refractivity contribution in [2.75, 3.05) is 6.54 Å². The Bertz CT molecular complexity index is 461. The molecular formula is C11H11N3O2S. The Labute approximate surface area is 104 Å². The third-order valence-electron chi connectivity index (χ3n) is 2.33. The molecule has 0 radical (unpaired) electrons. The lowest BCUT2D eigenvalue weighted by Gasteiger charge is -2.29. The van der Waals surface area contributed by atoms with Crippen molar-refractivity contribution >= 4 is 29.1 Å². The summed E-state index contributed by atoms with van der Waals surface area (Å²) in [5.74, 6) is -0.371. The van der Waals surface area contributed by atoms with Crippen molar-refractivity contribution in [3.8, 4) is 0 Å². The first-order valence-corrected chi connectivity index (χ1v) is 5.55. The molecule has 0 bridgehead atoms. The maximum absolute atomic E-state index is 11.8. The van der Waals surface area contributed by atoms with Crippen LogP contribution in [0.25, 0.3) is 0 Å². The van der Waals surface area contributed by atoms with Crippen LogP contribution >= 0.6 is 12.2 Å². The van der Waals surface area contributed by atoms with Gasteiger partial charge >= 0.3 is 0 Å². The Morgan fingerprint density at radius 3 is 2.71 bits per heavy atom. The largest absolute Gasteiger partial charge is 0.302 e. The van der Waals surface area contributed by atoms with Crippen LogP contribution in [0, 0.1) is 0 Å². The molecule has 1 saturated heterocycles.